The maximum Gasteiger partial charge on any atom is 0.306 e. The molecule has 6 nitrogen and oxygen atoms in total. The summed E-state index contributed by atoms with van der Waals surface area (Å²) in [4.78, 5) is 27.0. The molecule has 0 aliphatic carbocycles. The molecule has 0 aliphatic heterocycles. The van der Waals surface area contributed by atoms with Gasteiger partial charge in [0.25, 0.3) is 5.69 Å². The lowest BCUT2D eigenvalue weighted by Gasteiger charge is -2.13. The molecule has 0 bridgehead atoms. The Balaban J connectivity index is 1.44. The van der Waals surface area contributed by atoms with E-state index in [0.717, 1.165) is 29.8 Å². The van der Waals surface area contributed by atoms with Gasteiger partial charge in [-0.15, -0.1) is 11.3 Å². The molecular weight excluding hydrogens is 364 g/mol. The number of aromatic nitrogens is 1. The smallest absolute Gasteiger partial charge is 0.306 e. The molecule has 0 saturated carbocycles. The molecule has 0 N–H and O–H groups in total. The van der Waals surface area contributed by atoms with Crippen LogP contribution < -0.4 is 0 Å². The fraction of sp³-hybridized carbons (Fsp3) is 0.300. The van der Waals surface area contributed by atoms with Crippen LogP contribution in [0.4, 0.5) is 5.69 Å². The zero-order valence-electron chi connectivity index (χ0n) is 15.0. The van der Waals surface area contributed by atoms with E-state index in [1.54, 1.807) is 30.4 Å². The number of carbonyl (C=O) groups is 1. The molecule has 0 saturated heterocycles. The molecule has 3 aromatic rings. The second-order valence-electron chi connectivity index (χ2n) is 6.27. The first-order chi connectivity index (χ1) is 13.0. The number of benzene rings is 2. The lowest BCUT2D eigenvalue weighted by molar-refractivity contribution is -0.385. The van der Waals surface area contributed by atoms with Crippen LogP contribution in [0.5, 0.6) is 0 Å². The number of ether oxygens (including phenoxy) is 1. The van der Waals surface area contributed by atoms with Crippen LogP contribution in [0.2, 0.25) is 0 Å². The number of para-hydroxylation sites is 1. The van der Waals surface area contributed by atoms with Crippen LogP contribution in [0, 0.1) is 10.1 Å². The average Bonchev–Trinajstić information content (AvgIpc) is 3.08. The Labute approximate surface area is 161 Å². The summed E-state index contributed by atoms with van der Waals surface area (Å²) in [7, 11) is 0. The molecule has 1 heterocycles. The summed E-state index contributed by atoms with van der Waals surface area (Å²) in [6.07, 6.45) is 2.23. The van der Waals surface area contributed by atoms with Gasteiger partial charge >= 0.3 is 5.97 Å². The molecule has 2 aromatic carbocycles. The van der Waals surface area contributed by atoms with E-state index in [1.807, 2.05) is 18.2 Å². The number of hydrogen-bond donors (Lipinski definition) is 0. The van der Waals surface area contributed by atoms with Gasteiger partial charge in [-0.25, -0.2) is 4.98 Å². The van der Waals surface area contributed by atoms with Crippen LogP contribution in [0.3, 0.4) is 0 Å². The lowest BCUT2D eigenvalue weighted by Crippen LogP contribution is -2.09. The maximum absolute atomic E-state index is 12.0. The first kappa shape index (κ1) is 19.0. The SMILES string of the molecule is C[C@@H](OC(=O)CCCCc1nc2ccccc2s1)c1cccc([N+](=O)[O-])c1. The number of non-ortho nitro benzene ring substituents is 1. The number of unbranched alkanes of at least 4 members (excludes halogenated alkanes) is 1. The summed E-state index contributed by atoms with van der Waals surface area (Å²) in [6.45, 7) is 1.72. The van der Waals surface area contributed by atoms with Crippen LogP contribution >= 0.6 is 11.3 Å². The second-order valence-corrected chi connectivity index (χ2v) is 7.38. The number of nitrogens with zero attached hydrogens (tertiary/aromatic N) is 2. The highest BCUT2D eigenvalue weighted by Gasteiger charge is 2.15. The third-order valence-electron chi connectivity index (χ3n) is 4.22. The Morgan fingerprint density at radius 2 is 2.04 bits per heavy atom. The summed E-state index contributed by atoms with van der Waals surface area (Å²) in [6, 6.07) is 14.2. The van der Waals surface area contributed by atoms with Crippen molar-refractivity contribution < 1.29 is 14.5 Å². The number of nitro groups is 1. The van der Waals surface area contributed by atoms with Crippen molar-refractivity contribution in [3.8, 4) is 0 Å². The summed E-state index contributed by atoms with van der Waals surface area (Å²) in [5, 5.41) is 11.9. The van der Waals surface area contributed by atoms with Crippen molar-refractivity contribution in [2.45, 2.75) is 38.7 Å². The molecule has 0 spiro atoms. The zero-order chi connectivity index (χ0) is 19.2. The lowest BCUT2D eigenvalue weighted by atomic mass is 10.1. The minimum absolute atomic E-state index is 0.00812. The molecule has 27 heavy (non-hydrogen) atoms. The number of rotatable bonds is 8. The van der Waals surface area contributed by atoms with Crippen molar-refractivity contribution in [1.29, 1.82) is 0 Å². The summed E-state index contributed by atoms with van der Waals surface area (Å²) in [5.74, 6) is -0.293. The monoisotopic (exact) mass is 384 g/mol. The van der Waals surface area contributed by atoms with E-state index in [1.165, 1.54) is 16.8 Å². The van der Waals surface area contributed by atoms with Crippen LogP contribution in [0.1, 0.15) is 42.9 Å². The summed E-state index contributed by atoms with van der Waals surface area (Å²) < 4.78 is 6.58. The Hall–Kier alpha value is -2.80. The van der Waals surface area contributed by atoms with E-state index in [9.17, 15) is 14.9 Å². The highest BCUT2D eigenvalue weighted by atomic mass is 32.1. The molecule has 140 valence electrons. The Morgan fingerprint density at radius 3 is 2.81 bits per heavy atom. The minimum atomic E-state index is -0.512. The fourth-order valence-electron chi connectivity index (χ4n) is 2.79. The number of carbonyl (C=O) groups excluding carboxylic acids is 1. The van der Waals surface area contributed by atoms with Crippen molar-refractivity contribution >= 4 is 33.2 Å². The van der Waals surface area contributed by atoms with E-state index in [4.69, 9.17) is 4.74 Å². The first-order valence-electron chi connectivity index (χ1n) is 8.81. The summed E-state index contributed by atoms with van der Waals surface area (Å²) in [5.41, 5.74) is 1.63. The van der Waals surface area contributed by atoms with Crippen molar-refractivity contribution in [3.05, 3.63) is 69.2 Å². The van der Waals surface area contributed by atoms with Gasteiger partial charge in [0.1, 0.15) is 6.10 Å². The third kappa shape index (κ3) is 5.10. The quantitative estimate of drug-likeness (QED) is 0.230. The Morgan fingerprint density at radius 1 is 1.22 bits per heavy atom. The normalized spacial score (nSPS) is 12.0. The van der Waals surface area contributed by atoms with Gasteiger partial charge in [0.15, 0.2) is 0 Å². The predicted octanol–water partition coefficient (Wildman–Crippen LogP) is 5.22. The van der Waals surface area contributed by atoms with Crippen molar-refractivity contribution in [2.24, 2.45) is 0 Å². The third-order valence-corrected chi connectivity index (χ3v) is 5.31. The first-order valence-corrected chi connectivity index (χ1v) is 9.63. The van der Waals surface area contributed by atoms with Gasteiger partial charge in [0, 0.05) is 18.6 Å². The summed E-state index contributed by atoms with van der Waals surface area (Å²) >= 11 is 1.69. The predicted molar refractivity (Wildman–Crippen MR) is 105 cm³/mol. The highest BCUT2D eigenvalue weighted by molar-refractivity contribution is 7.18. The van der Waals surface area contributed by atoms with E-state index in [0.29, 0.717) is 12.0 Å². The largest absolute Gasteiger partial charge is 0.458 e. The number of fused-ring (bicyclic) bond motifs is 1. The van der Waals surface area contributed by atoms with Gasteiger partial charge in [-0.2, -0.15) is 0 Å². The van der Waals surface area contributed by atoms with Gasteiger partial charge in [-0.3, -0.25) is 14.9 Å². The van der Waals surface area contributed by atoms with E-state index in [-0.39, 0.29) is 11.7 Å². The fourth-order valence-corrected chi connectivity index (χ4v) is 3.80. The molecule has 0 unspecified atom stereocenters. The molecule has 1 aromatic heterocycles. The topological polar surface area (TPSA) is 82.3 Å². The molecule has 3 rings (SSSR count). The average molecular weight is 384 g/mol. The van der Waals surface area contributed by atoms with Gasteiger partial charge in [-0.05, 0) is 43.9 Å². The molecule has 1 atom stereocenters. The van der Waals surface area contributed by atoms with Crippen LogP contribution in [0.25, 0.3) is 10.2 Å². The van der Waals surface area contributed by atoms with E-state index in [2.05, 4.69) is 11.1 Å². The van der Waals surface area contributed by atoms with Crippen LogP contribution in [0.15, 0.2) is 48.5 Å². The van der Waals surface area contributed by atoms with Crippen LogP contribution in [-0.2, 0) is 16.0 Å². The van der Waals surface area contributed by atoms with Crippen LogP contribution in [-0.4, -0.2) is 15.9 Å². The number of hydrogen-bond acceptors (Lipinski definition) is 6. The Bertz CT molecular complexity index is 921. The Kier molecular flexibility index (Phi) is 6.13. The van der Waals surface area contributed by atoms with Crippen molar-refractivity contribution in [2.75, 3.05) is 0 Å². The van der Waals surface area contributed by atoms with E-state index < -0.39 is 11.0 Å². The second kappa shape index (κ2) is 8.73. The molecular formula is C20H20N2O4S. The number of nitro benzene ring substituents is 1. The minimum Gasteiger partial charge on any atom is -0.458 e. The molecule has 0 amide bonds. The standard InChI is InChI=1S/C20H20N2O4S/c1-14(15-7-6-8-16(13-15)22(24)25)26-20(23)12-5-4-11-19-21-17-9-2-3-10-18(17)27-19/h2-3,6-10,13-14H,4-5,11-12H2,1H3/t14-/m1/s1. The zero-order valence-corrected chi connectivity index (χ0v) is 15.8. The number of esters is 1. The molecule has 7 heteroatoms. The van der Waals surface area contributed by atoms with Crippen molar-refractivity contribution in [3.63, 3.8) is 0 Å². The molecule has 0 radical (unpaired) electrons. The van der Waals surface area contributed by atoms with Gasteiger partial charge in [-0.1, -0.05) is 24.3 Å². The van der Waals surface area contributed by atoms with Gasteiger partial charge < -0.3 is 4.74 Å². The number of aryl methyl sites for hydroxylation is 1. The number of thiazole rings is 1. The van der Waals surface area contributed by atoms with Gasteiger partial charge in [0.2, 0.25) is 0 Å². The highest BCUT2D eigenvalue weighted by Crippen LogP contribution is 2.24. The van der Waals surface area contributed by atoms with Gasteiger partial charge in [0.05, 0.1) is 20.1 Å². The van der Waals surface area contributed by atoms with E-state index >= 15 is 0 Å². The molecule has 0 fully saturated rings. The maximum atomic E-state index is 12.0. The molecule has 0 aliphatic rings. The van der Waals surface area contributed by atoms with Crippen molar-refractivity contribution in [1.82, 2.24) is 4.98 Å².